The van der Waals surface area contributed by atoms with Gasteiger partial charge in [0.2, 0.25) is 0 Å². The fraction of sp³-hybridized carbons (Fsp3) is 0.857. The summed E-state index contributed by atoms with van der Waals surface area (Å²) in [5.74, 6) is -1.04. The van der Waals surface area contributed by atoms with Crippen LogP contribution in [0, 0.1) is 17.3 Å². The lowest BCUT2D eigenvalue weighted by atomic mass is 9.89. The van der Waals surface area contributed by atoms with Gasteiger partial charge in [0.05, 0.1) is 12.5 Å². The van der Waals surface area contributed by atoms with E-state index in [1.165, 1.54) is 0 Å². The Kier molecular flexibility index (Phi) is 4.52. The van der Waals surface area contributed by atoms with E-state index in [2.05, 4.69) is 12.2 Å². The van der Waals surface area contributed by atoms with Crippen LogP contribution in [-0.2, 0) is 9.53 Å². The lowest BCUT2D eigenvalue weighted by molar-refractivity contribution is -0.143. The van der Waals surface area contributed by atoms with Crippen LogP contribution in [0.1, 0.15) is 26.7 Å². The van der Waals surface area contributed by atoms with Gasteiger partial charge in [-0.25, -0.2) is 4.79 Å². The van der Waals surface area contributed by atoms with Crippen LogP contribution in [0.25, 0.3) is 0 Å². The highest BCUT2D eigenvalue weighted by Gasteiger charge is 2.34. The predicted molar refractivity (Wildman–Crippen MR) is 73.4 cm³/mol. The van der Waals surface area contributed by atoms with Crippen LogP contribution in [-0.4, -0.2) is 54.9 Å². The maximum atomic E-state index is 12.2. The summed E-state index contributed by atoms with van der Waals surface area (Å²) in [6.07, 6.45) is 1.59. The van der Waals surface area contributed by atoms with Crippen molar-refractivity contribution >= 4 is 12.0 Å². The van der Waals surface area contributed by atoms with Crippen molar-refractivity contribution in [3.8, 4) is 0 Å². The number of urea groups is 1. The Morgan fingerprint density at radius 3 is 2.80 bits per heavy atom. The van der Waals surface area contributed by atoms with Gasteiger partial charge in [-0.15, -0.1) is 0 Å². The van der Waals surface area contributed by atoms with E-state index in [4.69, 9.17) is 9.84 Å². The maximum Gasteiger partial charge on any atom is 0.317 e. The number of amides is 2. The standard InChI is InChI=1S/C14H24N2O4/c1-10-5-11(12(17)18)7-16(6-10)13(19)15-8-14(2)3-4-20-9-14/h10-11H,3-9H2,1-2H3,(H,15,19)(H,17,18). The number of carboxylic acids is 1. The number of hydrogen-bond donors (Lipinski definition) is 2. The molecular weight excluding hydrogens is 260 g/mol. The van der Waals surface area contributed by atoms with Crippen LogP contribution in [0.5, 0.6) is 0 Å². The van der Waals surface area contributed by atoms with Gasteiger partial charge in [0.25, 0.3) is 0 Å². The highest BCUT2D eigenvalue weighted by Crippen LogP contribution is 2.27. The number of carbonyl (C=O) groups excluding carboxylic acids is 1. The maximum absolute atomic E-state index is 12.2. The zero-order chi connectivity index (χ0) is 14.8. The fourth-order valence-electron chi connectivity index (χ4n) is 2.95. The van der Waals surface area contributed by atoms with Gasteiger partial charge in [-0.1, -0.05) is 13.8 Å². The van der Waals surface area contributed by atoms with Crippen molar-refractivity contribution in [2.24, 2.45) is 17.3 Å². The van der Waals surface area contributed by atoms with Crippen LogP contribution in [0.2, 0.25) is 0 Å². The molecule has 0 aromatic heterocycles. The first-order valence-electron chi connectivity index (χ1n) is 7.23. The topological polar surface area (TPSA) is 78.9 Å². The molecule has 3 atom stereocenters. The van der Waals surface area contributed by atoms with E-state index in [1.807, 2.05) is 6.92 Å². The molecule has 2 rings (SSSR count). The molecule has 0 saturated carbocycles. The van der Waals surface area contributed by atoms with Gasteiger partial charge >= 0.3 is 12.0 Å². The average molecular weight is 284 g/mol. The van der Waals surface area contributed by atoms with E-state index in [9.17, 15) is 9.59 Å². The van der Waals surface area contributed by atoms with E-state index < -0.39 is 11.9 Å². The van der Waals surface area contributed by atoms with E-state index >= 15 is 0 Å². The van der Waals surface area contributed by atoms with Crippen LogP contribution in [0.3, 0.4) is 0 Å². The molecular formula is C14H24N2O4. The first-order chi connectivity index (χ1) is 9.39. The number of carboxylic acid groups (broad SMARTS) is 1. The van der Waals surface area contributed by atoms with Crippen LogP contribution < -0.4 is 5.32 Å². The van der Waals surface area contributed by atoms with E-state index in [0.29, 0.717) is 32.7 Å². The fourth-order valence-corrected chi connectivity index (χ4v) is 2.95. The first-order valence-corrected chi connectivity index (χ1v) is 7.23. The van der Waals surface area contributed by atoms with E-state index in [1.54, 1.807) is 4.90 Å². The van der Waals surface area contributed by atoms with Crippen molar-refractivity contribution < 1.29 is 19.4 Å². The molecule has 0 aliphatic carbocycles. The first kappa shape index (κ1) is 15.1. The quantitative estimate of drug-likeness (QED) is 0.815. The van der Waals surface area contributed by atoms with Crippen LogP contribution >= 0.6 is 0 Å². The van der Waals surface area contributed by atoms with Crippen LogP contribution in [0.15, 0.2) is 0 Å². The van der Waals surface area contributed by atoms with Gasteiger partial charge in [0, 0.05) is 31.7 Å². The SMILES string of the molecule is CC1CC(C(=O)O)CN(C(=O)NCC2(C)CCOC2)C1. The molecule has 0 aromatic carbocycles. The van der Waals surface area contributed by atoms with Gasteiger partial charge < -0.3 is 20.1 Å². The Balaban J connectivity index is 1.86. The van der Waals surface area contributed by atoms with Crippen molar-refractivity contribution in [3.05, 3.63) is 0 Å². The number of nitrogens with zero attached hydrogens (tertiary/aromatic N) is 1. The summed E-state index contributed by atoms with van der Waals surface area (Å²) < 4.78 is 5.36. The summed E-state index contributed by atoms with van der Waals surface area (Å²) in [5.41, 5.74) is 0.00324. The summed E-state index contributed by atoms with van der Waals surface area (Å²) in [6, 6.07) is -0.157. The second kappa shape index (κ2) is 5.99. The molecule has 20 heavy (non-hydrogen) atoms. The molecule has 2 N–H and O–H groups in total. The zero-order valence-corrected chi connectivity index (χ0v) is 12.2. The summed E-state index contributed by atoms with van der Waals surface area (Å²) >= 11 is 0. The number of aliphatic carboxylic acids is 1. The highest BCUT2D eigenvalue weighted by molar-refractivity contribution is 5.76. The second-order valence-corrected chi connectivity index (χ2v) is 6.55. The van der Waals surface area contributed by atoms with Gasteiger partial charge in [-0.05, 0) is 18.8 Å². The Bertz CT molecular complexity index is 379. The highest BCUT2D eigenvalue weighted by atomic mass is 16.5. The van der Waals surface area contributed by atoms with Crippen molar-refractivity contribution in [2.75, 3.05) is 32.8 Å². The van der Waals surface area contributed by atoms with Gasteiger partial charge in [0.15, 0.2) is 0 Å². The Morgan fingerprint density at radius 1 is 1.45 bits per heavy atom. The minimum atomic E-state index is -0.814. The van der Waals surface area contributed by atoms with Gasteiger partial charge in [0.1, 0.15) is 0 Å². The smallest absolute Gasteiger partial charge is 0.317 e. The molecule has 0 bridgehead atoms. The van der Waals surface area contributed by atoms with Crippen molar-refractivity contribution in [3.63, 3.8) is 0 Å². The summed E-state index contributed by atoms with van der Waals surface area (Å²) in [6.45, 7) is 7.01. The number of ether oxygens (including phenoxy) is 1. The number of likely N-dealkylation sites (tertiary alicyclic amines) is 1. The van der Waals surface area contributed by atoms with Crippen LogP contribution in [0.4, 0.5) is 4.79 Å². The Labute approximate surface area is 119 Å². The lowest BCUT2D eigenvalue weighted by Gasteiger charge is -2.35. The third-order valence-electron chi connectivity index (χ3n) is 4.26. The molecule has 0 radical (unpaired) electrons. The van der Waals surface area contributed by atoms with E-state index in [-0.39, 0.29) is 17.4 Å². The molecule has 6 nitrogen and oxygen atoms in total. The van der Waals surface area contributed by atoms with E-state index in [0.717, 1.165) is 13.0 Å². The molecule has 2 amide bonds. The third kappa shape index (κ3) is 3.62. The molecule has 0 aromatic rings. The number of rotatable bonds is 3. The number of nitrogens with one attached hydrogen (secondary N) is 1. The Morgan fingerprint density at radius 2 is 2.20 bits per heavy atom. The summed E-state index contributed by atoms with van der Waals surface area (Å²) in [4.78, 5) is 24.9. The Hall–Kier alpha value is -1.30. The molecule has 0 spiro atoms. The molecule has 2 aliphatic rings. The zero-order valence-electron chi connectivity index (χ0n) is 12.2. The molecule has 2 fully saturated rings. The molecule has 6 heteroatoms. The van der Waals surface area contributed by atoms with Crippen molar-refractivity contribution in [1.82, 2.24) is 10.2 Å². The molecule has 2 heterocycles. The monoisotopic (exact) mass is 284 g/mol. The minimum Gasteiger partial charge on any atom is -0.481 e. The predicted octanol–water partition coefficient (Wildman–Crippen LogP) is 1.17. The lowest BCUT2D eigenvalue weighted by Crippen LogP contribution is -2.51. The third-order valence-corrected chi connectivity index (χ3v) is 4.26. The second-order valence-electron chi connectivity index (χ2n) is 6.55. The normalized spacial score (nSPS) is 34.0. The van der Waals surface area contributed by atoms with Gasteiger partial charge in [-0.3, -0.25) is 4.79 Å². The van der Waals surface area contributed by atoms with Crippen molar-refractivity contribution in [1.29, 1.82) is 0 Å². The molecule has 114 valence electrons. The average Bonchev–Trinajstić information content (AvgIpc) is 2.82. The minimum absolute atomic E-state index is 0.00324. The number of hydrogen-bond acceptors (Lipinski definition) is 3. The summed E-state index contributed by atoms with van der Waals surface area (Å²) in [7, 11) is 0. The molecule has 2 aliphatic heterocycles. The number of carbonyl (C=O) groups is 2. The summed E-state index contributed by atoms with van der Waals surface area (Å²) in [5, 5.41) is 12.1. The molecule has 3 unspecified atom stereocenters. The van der Waals surface area contributed by atoms with Crippen molar-refractivity contribution in [2.45, 2.75) is 26.7 Å². The largest absolute Gasteiger partial charge is 0.481 e. The molecule has 2 saturated heterocycles. The van der Waals surface area contributed by atoms with Gasteiger partial charge in [-0.2, -0.15) is 0 Å². The number of piperidine rings is 1.